The van der Waals surface area contributed by atoms with Crippen LogP contribution in [0.4, 0.5) is 5.69 Å². The molecule has 0 fully saturated rings. The number of fused-ring (bicyclic) bond motifs is 10. The normalized spacial score (nSPS) is 11.8. The van der Waals surface area contributed by atoms with Crippen LogP contribution < -0.4 is 0 Å². The number of nitrogens with zero attached hydrogens (tertiary/aromatic N) is 3. The molecule has 0 saturated carbocycles. The van der Waals surface area contributed by atoms with Crippen LogP contribution in [0.3, 0.4) is 0 Å². The molecule has 0 bridgehead atoms. The van der Waals surface area contributed by atoms with Crippen LogP contribution in [0.2, 0.25) is 0 Å². The third-order valence-electron chi connectivity index (χ3n) is 9.54. The molecule has 3 heterocycles. The predicted molar refractivity (Wildman–Crippen MR) is 194 cm³/mol. The molecule has 0 spiro atoms. The molecular formula is C43H25N3O. The fourth-order valence-electron chi connectivity index (χ4n) is 7.60. The summed E-state index contributed by atoms with van der Waals surface area (Å²) >= 11 is 0. The fraction of sp³-hybridized carbons (Fsp3) is 0. The number of rotatable bonds is 3. The van der Waals surface area contributed by atoms with Crippen molar-refractivity contribution in [1.82, 2.24) is 9.13 Å². The van der Waals surface area contributed by atoms with Gasteiger partial charge >= 0.3 is 0 Å². The van der Waals surface area contributed by atoms with Gasteiger partial charge in [-0.1, -0.05) is 97.1 Å². The smallest absolute Gasteiger partial charge is 0.196 e. The minimum atomic E-state index is 0.609. The van der Waals surface area contributed by atoms with E-state index in [9.17, 15) is 0 Å². The Morgan fingerprint density at radius 1 is 0.489 bits per heavy atom. The van der Waals surface area contributed by atoms with Crippen LogP contribution >= 0.6 is 0 Å². The second-order valence-electron chi connectivity index (χ2n) is 12.0. The molecule has 0 unspecified atom stereocenters. The minimum absolute atomic E-state index is 0.609. The number of benzene rings is 7. The highest BCUT2D eigenvalue weighted by atomic mass is 16.3. The highest BCUT2D eigenvalue weighted by Gasteiger charge is 2.22. The zero-order valence-corrected chi connectivity index (χ0v) is 25.2. The van der Waals surface area contributed by atoms with E-state index in [4.69, 9.17) is 11.0 Å². The van der Waals surface area contributed by atoms with Crippen molar-refractivity contribution < 1.29 is 4.42 Å². The molecule has 47 heavy (non-hydrogen) atoms. The van der Waals surface area contributed by atoms with E-state index in [1.165, 1.54) is 10.8 Å². The maximum atomic E-state index is 8.26. The number of furan rings is 1. The summed E-state index contributed by atoms with van der Waals surface area (Å²) in [7, 11) is 0. The van der Waals surface area contributed by atoms with Gasteiger partial charge in [0.05, 0.1) is 34.0 Å². The van der Waals surface area contributed by atoms with Crippen LogP contribution in [-0.2, 0) is 0 Å². The highest BCUT2D eigenvalue weighted by molar-refractivity contribution is 6.24. The van der Waals surface area contributed by atoms with Crippen molar-refractivity contribution in [2.24, 2.45) is 0 Å². The van der Waals surface area contributed by atoms with Gasteiger partial charge in [0.25, 0.3) is 0 Å². The lowest BCUT2D eigenvalue weighted by Gasteiger charge is -2.17. The number of hydrogen-bond donors (Lipinski definition) is 0. The zero-order chi connectivity index (χ0) is 31.1. The zero-order valence-electron chi connectivity index (χ0n) is 25.2. The lowest BCUT2D eigenvalue weighted by atomic mass is 10.00. The largest absolute Gasteiger partial charge is 0.455 e. The van der Waals surface area contributed by atoms with Gasteiger partial charge in [0.1, 0.15) is 11.2 Å². The van der Waals surface area contributed by atoms with Crippen molar-refractivity contribution in [1.29, 1.82) is 0 Å². The van der Waals surface area contributed by atoms with Gasteiger partial charge in [-0.15, -0.1) is 0 Å². The maximum Gasteiger partial charge on any atom is 0.196 e. The second-order valence-corrected chi connectivity index (χ2v) is 12.0. The van der Waals surface area contributed by atoms with Crippen molar-refractivity contribution in [2.75, 3.05) is 0 Å². The summed E-state index contributed by atoms with van der Waals surface area (Å²) in [6, 6.07) is 52.8. The summed E-state index contributed by atoms with van der Waals surface area (Å²) in [6.45, 7) is 8.26. The Labute approximate surface area is 269 Å². The van der Waals surface area contributed by atoms with Gasteiger partial charge in [-0.25, -0.2) is 4.85 Å². The van der Waals surface area contributed by atoms with Gasteiger partial charge in [0.2, 0.25) is 0 Å². The predicted octanol–water partition coefficient (Wildman–Crippen LogP) is 12.0. The molecule has 218 valence electrons. The van der Waals surface area contributed by atoms with Crippen molar-refractivity contribution in [3.05, 3.63) is 163 Å². The average Bonchev–Trinajstić information content (AvgIpc) is 3.79. The van der Waals surface area contributed by atoms with Crippen LogP contribution in [0, 0.1) is 6.57 Å². The SMILES string of the molecule is [C-]#[N+]c1cccc(-n2c3ccccc3c3c4oc5ccccc5c4ccc32)c1-c1cccc(-n2c3ccccc3c3ccccc32)c1. The van der Waals surface area contributed by atoms with E-state index < -0.39 is 0 Å². The van der Waals surface area contributed by atoms with Gasteiger partial charge in [0.15, 0.2) is 5.69 Å². The monoisotopic (exact) mass is 599 g/mol. The van der Waals surface area contributed by atoms with E-state index in [1.54, 1.807) is 0 Å². The molecule has 0 saturated heterocycles. The van der Waals surface area contributed by atoms with Crippen molar-refractivity contribution in [3.63, 3.8) is 0 Å². The Kier molecular flexibility index (Phi) is 5.32. The van der Waals surface area contributed by atoms with Gasteiger partial charge in [-0.3, -0.25) is 0 Å². The first-order valence-corrected chi connectivity index (χ1v) is 15.7. The molecule has 0 atom stereocenters. The van der Waals surface area contributed by atoms with Crippen LogP contribution in [0.5, 0.6) is 0 Å². The van der Waals surface area contributed by atoms with Gasteiger partial charge in [-0.05, 0) is 60.2 Å². The molecule has 0 aliphatic rings. The first-order valence-electron chi connectivity index (χ1n) is 15.7. The molecule has 10 aromatic rings. The number of para-hydroxylation sites is 4. The van der Waals surface area contributed by atoms with E-state index in [-0.39, 0.29) is 0 Å². The summed E-state index contributed by atoms with van der Waals surface area (Å²) in [5.41, 5.74) is 10.7. The molecular weight excluding hydrogens is 574 g/mol. The van der Waals surface area contributed by atoms with E-state index in [1.807, 2.05) is 24.3 Å². The van der Waals surface area contributed by atoms with Crippen LogP contribution in [0.25, 0.3) is 92.9 Å². The van der Waals surface area contributed by atoms with E-state index in [0.29, 0.717) is 5.69 Å². The quantitative estimate of drug-likeness (QED) is 0.186. The summed E-state index contributed by atoms with van der Waals surface area (Å²) < 4.78 is 11.2. The van der Waals surface area contributed by atoms with E-state index in [2.05, 4.69) is 141 Å². The second kappa shape index (κ2) is 9.71. The standard InChI is InChI=1S/C43H25N3O/c1-44-34-18-11-22-38(41(34)27-12-10-13-28(26-27)45-35-19-6-2-14-29(35)30-15-3-7-20-36(30)45)46-37-21-8-4-17-33(37)42-39(46)25-24-32-31-16-5-9-23-40(31)47-43(32)42/h2-26H. The van der Waals surface area contributed by atoms with Crippen molar-refractivity contribution in [2.45, 2.75) is 0 Å². The molecule has 0 amide bonds. The Morgan fingerprint density at radius 3 is 1.87 bits per heavy atom. The van der Waals surface area contributed by atoms with Gasteiger partial charge in [-0.2, -0.15) is 0 Å². The highest BCUT2D eigenvalue weighted by Crippen LogP contribution is 2.44. The minimum Gasteiger partial charge on any atom is -0.455 e. The topological polar surface area (TPSA) is 27.4 Å². The summed E-state index contributed by atoms with van der Waals surface area (Å²) in [5.74, 6) is 0. The molecule has 0 radical (unpaired) electrons. The summed E-state index contributed by atoms with van der Waals surface area (Å²) in [5, 5.41) is 6.84. The number of hydrogen-bond acceptors (Lipinski definition) is 1. The van der Waals surface area contributed by atoms with Crippen molar-refractivity contribution in [3.8, 4) is 22.5 Å². The lowest BCUT2D eigenvalue weighted by molar-refractivity contribution is 0.673. The van der Waals surface area contributed by atoms with E-state index in [0.717, 1.165) is 77.3 Å². The Hall–Kier alpha value is -6.57. The fourth-order valence-corrected chi connectivity index (χ4v) is 7.60. The molecule has 10 rings (SSSR count). The van der Waals surface area contributed by atoms with Crippen LogP contribution in [0.15, 0.2) is 156 Å². The number of aromatic nitrogens is 2. The molecule has 3 aromatic heterocycles. The van der Waals surface area contributed by atoms with Gasteiger partial charge in [0, 0.05) is 43.9 Å². The van der Waals surface area contributed by atoms with Crippen molar-refractivity contribution >= 4 is 71.2 Å². The third-order valence-corrected chi connectivity index (χ3v) is 9.54. The van der Waals surface area contributed by atoms with Crippen LogP contribution in [0.1, 0.15) is 0 Å². The Balaban J connectivity index is 1.27. The molecule has 4 heteroatoms. The van der Waals surface area contributed by atoms with Gasteiger partial charge < -0.3 is 13.6 Å². The Bertz CT molecular complexity index is 2880. The third kappa shape index (κ3) is 3.57. The van der Waals surface area contributed by atoms with Crippen LogP contribution in [-0.4, -0.2) is 9.13 Å². The molecule has 0 aliphatic carbocycles. The average molecular weight is 600 g/mol. The van der Waals surface area contributed by atoms with E-state index >= 15 is 0 Å². The molecule has 4 nitrogen and oxygen atoms in total. The molecule has 0 N–H and O–H groups in total. The first-order chi connectivity index (χ1) is 23.3. The molecule has 0 aliphatic heterocycles. The molecule has 7 aromatic carbocycles. The maximum absolute atomic E-state index is 8.26. The summed E-state index contributed by atoms with van der Waals surface area (Å²) in [4.78, 5) is 4.06. The first kappa shape index (κ1) is 25.7. The lowest BCUT2D eigenvalue weighted by Crippen LogP contribution is -1.99. The summed E-state index contributed by atoms with van der Waals surface area (Å²) in [6.07, 6.45) is 0. The Morgan fingerprint density at radius 2 is 1.13 bits per heavy atom.